The van der Waals surface area contributed by atoms with Crippen molar-refractivity contribution >= 4 is 30.5 Å². The zero-order valence-electron chi connectivity index (χ0n) is 8.48. The summed E-state index contributed by atoms with van der Waals surface area (Å²) in [5.41, 5.74) is 0. The van der Waals surface area contributed by atoms with Crippen molar-refractivity contribution in [2.45, 2.75) is 4.90 Å². The van der Waals surface area contributed by atoms with Crippen molar-refractivity contribution in [3.63, 3.8) is 0 Å². The van der Waals surface area contributed by atoms with Crippen LogP contribution in [0.15, 0.2) is 41.3 Å². The standard InChI is InChI=1S/C11H9ClO3S/c1-15-9-6-5-8-3-2-4-11(10(8)7-9)16(12,13)14/h2-7H,1H3. The van der Waals surface area contributed by atoms with Crippen molar-refractivity contribution < 1.29 is 13.2 Å². The maximum atomic E-state index is 11.4. The topological polar surface area (TPSA) is 43.4 Å². The van der Waals surface area contributed by atoms with E-state index in [4.69, 9.17) is 15.4 Å². The van der Waals surface area contributed by atoms with Crippen LogP contribution in [0.25, 0.3) is 10.8 Å². The number of ether oxygens (including phenoxy) is 1. The minimum Gasteiger partial charge on any atom is -0.497 e. The molecule has 0 spiro atoms. The van der Waals surface area contributed by atoms with Gasteiger partial charge in [-0.15, -0.1) is 0 Å². The molecule has 0 saturated heterocycles. The lowest BCUT2D eigenvalue weighted by Gasteiger charge is -2.05. The van der Waals surface area contributed by atoms with Crippen LogP contribution >= 0.6 is 10.7 Å². The van der Waals surface area contributed by atoms with E-state index in [-0.39, 0.29) is 4.90 Å². The van der Waals surface area contributed by atoms with E-state index in [0.717, 1.165) is 5.39 Å². The maximum absolute atomic E-state index is 11.4. The molecule has 16 heavy (non-hydrogen) atoms. The molecule has 2 aromatic rings. The average molecular weight is 257 g/mol. The van der Waals surface area contributed by atoms with Crippen molar-refractivity contribution in [2.75, 3.05) is 7.11 Å². The van der Waals surface area contributed by atoms with Gasteiger partial charge >= 0.3 is 0 Å². The molecule has 0 aromatic heterocycles. The monoisotopic (exact) mass is 256 g/mol. The van der Waals surface area contributed by atoms with Crippen LogP contribution < -0.4 is 4.74 Å². The fourth-order valence-electron chi connectivity index (χ4n) is 1.56. The lowest BCUT2D eigenvalue weighted by atomic mass is 10.1. The SMILES string of the molecule is COc1ccc2cccc(S(=O)(=O)Cl)c2c1. The van der Waals surface area contributed by atoms with Crippen LogP contribution in [0.2, 0.25) is 0 Å². The molecule has 5 heteroatoms. The van der Waals surface area contributed by atoms with E-state index in [1.54, 1.807) is 24.3 Å². The van der Waals surface area contributed by atoms with Crippen LogP contribution in [-0.4, -0.2) is 15.5 Å². The molecule has 0 amide bonds. The molecule has 0 unspecified atom stereocenters. The van der Waals surface area contributed by atoms with Crippen molar-refractivity contribution in [2.24, 2.45) is 0 Å². The largest absolute Gasteiger partial charge is 0.497 e. The lowest BCUT2D eigenvalue weighted by Crippen LogP contribution is -1.92. The van der Waals surface area contributed by atoms with Crippen molar-refractivity contribution in [3.8, 4) is 5.75 Å². The summed E-state index contributed by atoms with van der Waals surface area (Å²) in [6, 6.07) is 10.2. The normalized spacial score (nSPS) is 11.6. The van der Waals surface area contributed by atoms with Gasteiger partial charge < -0.3 is 4.74 Å². The van der Waals surface area contributed by atoms with Crippen LogP contribution in [-0.2, 0) is 9.05 Å². The van der Waals surface area contributed by atoms with Crippen LogP contribution in [0, 0.1) is 0 Å². The lowest BCUT2D eigenvalue weighted by molar-refractivity contribution is 0.415. The smallest absolute Gasteiger partial charge is 0.261 e. The first kappa shape index (κ1) is 11.2. The summed E-state index contributed by atoms with van der Waals surface area (Å²) in [4.78, 5) is 0.102. The molecular formula is C11H9ClO3S. The Balaban J connectivity index is 2.85. The molecule has 0 saturated carbocycles. The molecular weight excluding hydrogens is 248 g/mol. The number of halogens is 1. The van der Waals surface area contributed by atoms with Gasteiger partial charge in [0.25, 0.3) is 9.05 Å². The Hall–Kier alpha value is -1.26. The summed E-state index contributed by atoms with van der Waals surface area (Å²) >= 11 is 0. The Morgan fingerprint density at radius 1 is 1.19 bits per heavy atom. The van der Waals surface area contributed by atoms with Gasteiger partial charge in [-0.05, 0) is 23.6 Å². The van der Waals surface area contributed by atoms with Crippen LogP contribution in [0.1, 0.15) is 0 Å². The van der Waals surface area contributed by atoms with Gasteiger partial charge in [-0.3, -0.25) is 0 Å². The second-order valence-electron chi connectivity index (χ2n) is 3.28. The molecule has 0 aliphatic rings. The molecule has 0 N–H and O–H groups in total. The highest BCUT2D eigenvalue weighted by atomic mass is 35.7. The zero-order chi connectivity index (χ0) is 11.8. The summed E-state index contributed by atoms with van der Waals surface area (Å²) in [6.45, 7) is 0. The molecule has 0 bridgehead atoms. The number of hydrogen-bond donors (Lipinski definition) is 0. The number of benzene rings is 2. The van der Waals surface area contributed by atoms with Crippen molar-refractivity contribution in [3.05, 3.63) is 36.4 Å². The Bertz CT molecular complexity index is 635. The van der Waals surface area contributed by atoms with Crippen LogP contribution in [0.3, 0.4) is 0 Å². The molecule has 0 radical (unpaired) electrons. The summed E-state index contributed by atoms with van der Waals surface area (Å²) < 4.78 is 27.8. The van der Waals surface area contributed by atoms with E-state index < -0.39 is 9.05 Å². The Kier molecular flexibility index (Phi) is 2.78. The van der Waals surface area contributed by atoms with Crippen molar-refractivity contribution in [1.29, 1.82) is 0 Å². The first-order chi connectivity index (χ1) is 7.52. The second-order valence-corrected chi connectivity index (χ2v) is 5.82. The number of methoxy groups -OCH3 is 1. The summed E-state index contributed by atoms with van der Waals surface area (Å²) in [7, 11) is 3.15. The van der Waals surface area contributed by atoms with Gasteiger partial charge in [-0.1, -0.05) is 18.2 Å². The van der Waals surface area contributed by atoms with Gasteiger partial charge in [0, 0.05) is 16.1 Å². The van der Waals surface area contributed by atoms with E-state index in [1.165, 1.54) is 13.2 Å². The summed E-state index contributed by atoms with van der Waals surface area (Å²) in [5, 5.41) is 1.37. The Labute approximate surface area is 98.0 Å². The highest BCUT2D eigenvalue weighted by Gasteiger charge is 2.14. The van der Waals surface area contributed by atoms with Gasteiger partial charge in [0.15, 0.2) is 0 Å². The minimum atomic E-state index is -3.74. The molecule has 0 heterocycles. The van der Waals surface area contributed by atoms with E-state index in [0.29, 0.717) is 11.1 Å². The third-order valence-electron chi connectivity index (χ3n) is 2.31. The highest BCUT2D eigenvalue weighted by molar-refractivity contribution is 8.14. The van der Waals surface area contributed by atoms with Crippen LogP contribution in [0.5, 0.6) is 5.75 Å². The maximum Gasteiger partial charge on any atom is 0.261 e. The molecule has 0 aliphatic heterocycles. The molecule has 0 aliphatic carbocycles. The van der Waals surface area contributed by atoms with Crippen molar-refractivity contribution in [1.82, 2.24) is 0 Å². The van der Waals surface area contributed by atoms with Crippen LogP contribution in [0.4, 0.5) is 0 Å². The molecule has 2 rings (SSSR count). The van der Waals surface area contributed by atoms with E-state index in [2.05, 4.69) is 0 Å². The third-order valence-corrected chi connectivity index (χ3v) is 3.69. The Morgan fingerprint density at radius 2 is 1.94 bits per heavy atom. The van der Waals surface area contributed by atoms with Gasteiger partial charge in [0.2, 0.25) is 0 Å². The van der Waals surface area contributed by atoms with Gasteiger partial charge in [-0.2, -0.15) is 0 Å². The summed E-state index contributed by atoms with van der Waals surface area (Å²) in [5.74, 6) is 0.597. The first-order valence-electron chi connectivity index (χ1n) is 4.54. The fourth-order valence-corrected chi connectivity index (χ4v) is 2.65. The highest BCUT2D eigenvalue weighted by Crippen LogP contribution is 2.28. The van der Waals surface area contributed by atoms with Gasteiger partial charge in [-0.25, -0.2) is 8.42 Å². The quantitative estimate of drug-likeness (QED) is 0.776. The van der Waals surface area contributed by atoms with E-state index in [1.807, 2.05) is 6.07 Å². The van der Waals surface area contributed by atoms with Gasteiger partial charge in [0.05, 0.1) is 12.0 Å². The number of fused-ring (bicyclic) bond motifs is 1. The van der Waals surface area contributed by atoms with E-state index >= 15 is 0 Å². The summed E-state index contributed by atoms with van der Waals surface area (Å²) in [6.07, 6.45) is 0. The van der Waals surface area contributed by atoms with E-state index in [9.17, 15) is 8.42 Å². The number of rotatable bonds is 2. The molecule has 0 atom stereocenters. The zero-order valence-corrected chi connectivity index (χ0v) is 10.0. The second kappa shape index (κ2) is 3.96. The minimum absolute atomic E-state index is 0.102. The molecule has 3 nitrogen and oxygen atoms in total. The average Bonchev–Trinajstić information content (AvgIpc) is 2.26. The van der Waals surface area contributed by atoms with Gasteiger partial charge in [0.1, 0.15) is 5.75 Å². The molecule has 0 fully saturated rings. The Morgan fingerprint density at radius 3 is 2.56 bits per heavy atom. The number of hydrogen-bond acceptors (Lipinski definition) is 3. The predicted octanol–water partition coefficient (Wildman–Crippen LogP) is 2.78. The molecule has 84 valence electrons. The third kappa shape index (κ3) is 1.99. The predicted molar refractivity (Wildman–Crippen MR) is 63.5 cm³/mol. The molecule has 2 aromatic carbocycles. The first-order valence-corrected chi connectivity index (χ1v) is 6.85. The fraction of sp³-hybridized carbons (Fsp3) is 0.0909.